The molecular formula is C19H32N2O6. The number of carbonyl (C=O) groups excluding carboxylic acids is 3. The molecule has 0 bridgehead atoms. The number of nitrogens with one attached hydrogen (secondary N) is 1. The second-order valence-electron chi connectivity index (χ2n) is 9.24. The van der Waals surface area contributed by atoms with Crippen LogP contribution >= 0.6 is 0 Å². The van der Waals surface area contributed by atoms with Crippen LogP contribution in [-0.2, 0) is 19.1 Å². The van der Waals surface area contributed by atoms with Crippen molar-refractivity contribution >= 4 is 23.8 Å². The van der Waals surface area contributed by atoms with E-state index in [4.69, 9.17) is 4.74 Å². The number of hydrogen-bond acceptors (Lipinski definition) is 5. The standard InChI is InChI=1S/C19H32N2O6/c1-11-8-9-21(15(23)14(11)22)10-12(13(16(24)25)18(2,3)4)20-17(26)27-19(5,6)7/h11-13H,8-10H2,1-7H3,(H,20,26)(H,24,25)/t11?,12-,13?/m1/s1. The van der Waals surface area contributed by atoms with Gasteiger partial charge in [-0.25, -0.2) is 4.79 Å². The van der Waals surface area contributed by atoms with Crippen molar-refractivity contribution in [2.24, 2.45) is 17.3 Å². The van der Waals surface area contributed by atoms with Gasteiger partial charge in [0.1, 0.15) is 5.60 Å². The summed E-state index contributed by atoms with van der Waals surface area (Å²) in [4.78, 5) is 49.8. The molecule has 3 atom stereocenters. The lowest BCUT2D eigenvalue weighted by atomic mass is 9.76. The van der Waals surface area contributed by atoms with Gasteiger partial charge in [-0.2, -0.15) is 0 Å². The number of aliphatic carboxylic acids is 1. The Kier molecular flexibility index (Phi) is 7.02. The van der Waals surface area contributed by atoms with Crippen molar-refractivity contribution in [3.8, 4) is 0 Å². The first-order valence-corrected chi connectivity index (χ1v) is 9.19. The average molecular weight is 384 g/mol. The van der Waals surface area contributed by atoms with E-state index in [-0.39, 0.29) is 12.5 Å². The fraction of sp³-hybridized carbons (Fsp3) is 0.789. The zero-order valence-corrected chi connectivity index (χ0v) is 17.3. The molecule has 1 rings (SSSR count). The summed E-state index contributed by atoms with van der Waals surface area (Å²) in [7, 11) is 0. The molecule has 0 aromatic heterocycles. The Morgan fingerprint density at radius 3 is 2.22 bits per heavy atom. The topological polar surface area (TPSA) is 113 Å². The van der Waals surface area contributed by atoms with E-state index in [1.807, 2.05) is 0 Å². The van der Waals surface area contributed by atoms with Gasteiger partial charge >= 0.3 is 12.1 Å². The van der Waals surface area contributed by atoms with Gasteiger partial charge in [0.2, 0.25) is 5.78 Å². The van der Waals surface area contributed by atoms with Gasteiger partial charge in [-0.3, -0.25) is 14.4 Å². The quantitative estimate of drug-likeness (QED) is 0.702. The van der Waals surface area contributed by atoms with E-state index in [1.165, 1.54) is 4.90 Å². The lowest BCUT2D eigenvalue weighted by molar-refractivity contribution is -0.152. The summed E-state index contributed by atoms with van der Waals surface area (Å²) in [5.41, 5.74) is -1.44. The number of ether oxygens (including phenoxy) is 1. The minimum atomic E-state index is -1.09. The Hall–Kier alpha value is -2.12. The van der Waals surface area contributed by atoms with Crippen LogP contribution in [0, 0.1) is 17.3 Å². The van der Waals surface area contributed by atoms with Crippen molar-refractivity contribution < 1.29 is 29.0 Å². The van der Waals surface area contributed by atoms with Crippen LogP contribution in [0.3, 0.4) is 0 Å². The first-order valence-electron chi connectivity index (χ1n) is 9.19. The highest BCUT2D eigenvalue weighted by Crippen LogP contribution is 2.30. The van der Waals surface area contributed by atoms with Crippen molar-refractivity contribution in [3.05, 3.63) is 0 Å². The van der Waals surface area contributed by atoms with Gasteiger partial charge in [-0.1, -0.05) is 27.7 Å². The van der Waals surface area contributed by atoms with Crippen LogP contribution in [0.5, 0.6) is 0 Å². The summed E-state index contributed by atoms with van der Waals surface area (Å²) in [5, 5.41) is 12.4. The average Bonchev–Trinajstić information content (AvgIpc) is 2.43. The molecule has 0 radical (unpaired) electrons. The van der Waals surface area contributed by atoms with Crippen molar-refractivity contribution in [3.63, 3.8) is 0 Å². The highest BCUT2D eigenvalue weighted by Gasteiger charge is 2.42. The molecular weight excluding hydrogens is 352 g/mol. The highest BCUT2D eigenvalue weighted by molar-refractivity contribution is 6.37. The number of rotatable bonds is 5. The van der Waals surface area contributed by atoms with Gasteiger partial charge in [-0.15, -0.1) is 0 Å². The molecule has 0 saturated carbocycles. The number of alkyl carbamates (subject to hydrolysis) is 1. The molecule has 0 aromatic carbocycles. The largest absolute Gasteiger partial charge is 0.481 e. The number of nitrogens with zero attached hydrogens (tertiary/aromatic N) is 1. The van der Waals surface area contributed by atoms with E-state index < -0.39 is 46.7 Å². The third kappa shape index (κ3) is 6.52. The third-order valence-corrected chi connectivity index (χ3v) is 4.50. The van der Waals surface area contributed by atoms with Crippen molar-refractivity contribution in [1.29, 1.82) is 0 Å². The van der Waals surface area contributed by atoms with Gasteiger partial charge < -0.3 is 20.1 Å². The maximum absolute atomic E-state index is 12.3. The number of carbonyl (C=O) groups is 4. The second-order valence-corrected chi connectivity index (χ2v) is 9.24. The van der Waals surface area contributed by atoms with E-state index in [1.54, 1.807) is 48.5 Å². The Morgan fingerprint density at radius 1 is 1.22 bits per heavy atom. The predicted octanol–water partition coefficient (Wildman–Crippen LogP) is 2.06. The summed E-state index contributed by atoms with van der Waals surface area (Å²) in [5.74, 6) is -3.54. The number of ketones is 1. The summed E-state index contributed by atoms with van der Waals surface area (Å²) in [6, 6.07) is -0.900. The zero-order chi connectivity index (χ0) is 21.2. The molecule has 0 spiro atoms. The Morgan fingerprint density at radius 2 is 1.78 bits per heavy atom. The molecule has 1 fully saturated rings. The smallest absolute Gasteiger partial charge is 0.407 e. The first-order chi connectivity index (χ1) is 12.1. The lowest BCUT2D eigenvalue weighted by Gasteiger charge is -2.38. The monoisotopic (exact) mass is 384 g/mol. The fourth-order valence-corrected chi connectivity index (χ4v) is 3.20. The van der Waals surface area contributed by atoms with Crippen molar-refractivity contribution in [2.75, 3.05) is 13.1 Å². The molecule has 1 aliphatic heterocycles. The van der Waals surface area contributed by atoms with E-state index in [0.29, 0.717) is 13.0 Å². The number of Topliss-reactive ketones (excluding diaryl/α,β-unsaturated/α-hetero) is 1. The molecule has 8 nitrogen and oxygen atoms in total. The van der Waals surface area contributed by atoms with Gasteiger partial charge in [0.25, 0.3) is 5.91 Å². The van der Waals surface area contributed by atoms with Crippen molar-refractivity contribution in [1.82, 2.24) is 10.2 Å². The summed E-state index contributed by atoms with van der Waals surface area (Å²) >= 11 is 0. The van der Waals surface area contributed by atoms with Gasteiger partial charge in [0, 0.05) is 19.0 Å². The van der Waals surface area contributed by atoms with Crippen LogP contribution < -0.4 is 5.32 Å². The van der Waals surface area contributed by atoms with Crippen LogP contribution in [0.2, 0.25) is 0 Å². The lowest BCUT2D eigenvalue weighted by Crippen LogP contribution is -2.57. The molecule has 1 saturated heterocycles. The molecule has 8 heteroatoms. The van der Waals surface area contributed by atoms with Gasteiger partial charge in [0.15, 0.2) is 0 Å². The van der Waals surface area contributed by atoms with Crippen LogP contribution in [0.4, 0.5) is 4.79 Å². The van der Waals surface area contributed by atoms with Crippen LogP contribution in [0.25, 0.3) is 0 Å². The first kappa shape index (κ1) is 22.9. The molecule has 0 aromatic rings. The molecule has 0 aliphatic carbocycles. The fourth-order valence-electron chi connectivity index (χ4n) is 3.20. The normalized spacial score (nSPS) is 20.9. The SMILES string of the molecule is CC1CCN(C[C@@H](NC(=O)OC(C)(C)C)C(C(=O)O)C(C)(C)C)C(=O)C1=O. The Balaban J connectivity index is 3.10. The van der Waals surface area contributed by atoms with Crippen LogP contribution in [0.1, 0.15) is 54.9 Å². The summed E-state index contributed by atoms with van der Waals surface area (Å²) in [6.07, 6.45) is -0.246. The maximum atomic E-state index is 12.3. The number of likely N-dealkylation sites (tertiary alicyclic amines) is 1. The van der Waals surface area contributed by atoms with E-state index >= 15 is 0 Å². The number of hydrogen-bond donors (Lipinski definition) is 2. The van der Waals surface area contributed by atoms with Gasteiger partial charge in [-0.05, 0) is 32.6 Å². The summed E-state index contributed by atoms with van der Waals surface area (Å²) in [6.45, 7) is 12.3. The zero-order valence-electron chi connectivity index (χ0n) is 17.3. The summed E-state index contributed by atoms with van der Waals surface area (Å²) < 4.78 is 5.25. The number of piperidine rings is 1. The minimum Gasteiger partial charge on any atom is -0.481 e. The Labute approximate surface area is 160 Å². The second kappa shape index (κ2) is 8.27. The molecule has 2 unspecified atom stereocenters. The Bertz CT molecular complexity index is 602. The number of carboxylic acid groups (broad SMARTS) is 1. The van der Waals surface area contributed by atoms with Gasteiger partial charge in [0.05, 0.1) is 12.0 Å². The molecule has 1 aliphatic rings. The highest BCUT2D eigenvalue weighted by atomic mass is 16.6. The van der Waals surface area contributed by atoms with E-state index in [2.05, 4.69) is 5.32 Å². The number of amides is 2. The maximum Gasteiger partial charge on any atom is 0.407 e. The molecule has 27 heavy (non-hydrogen) atoms. The minimum absolute atomic E-state index is 0.0647. The molecule has 2 N–H and O–H groups in total. The molecule has 1 heterocycles. The molecule has 2 amide bonds. The van der Waals surface area contributed by atoms with Crippen LogP contribution in [-0.4, -0.2) is 58.5 Å². The van der Waals surface area contributed by atoms with E-state index in [9.17, 15) is 24.3 Å². The van der Waals surface area contributed by atoms with E-state index in [0.717, 1.165) is 0 Å². The van der Waals surface area contributed by atoms with Crippen LogP contribution in [0.15, 0.2) is 0 Å². The molecule has 154 valence electrons. The predicted molar refractivity (Wildman–Crippen MR) is 99.1 cm³/mol. The van der Waals surface area contributed by atoms with Crippen molar-refractivity contribution in [2.45, 2.75) is 66.5 Å². The number of carboxylic acids is 1. The third-order valence-electron chi connectivity index (χ3n) is 4.50.